The minimum Gasteiger partial charge on any atom is -0.316 e. The third kappa shape index (κ3) is 3.09. The Bertz CT molecular complexity index is 677. The monoisotopic (exact) mass is 363 g/mol. The quantitative estimate of drug-likeness (QED) is 0.639. The molecule has 1 N–H and O–H groups in total. The first-order valence-corrected chi connectivity index (χ1v) is 8.77. The number of hydrogen-bond donors (Lipinski definition) is 1. The Labute approximate surface area is 135 Å². The third-order valence-corrected chi connectivity index (χ3v) is 4.90. The molecule has 2 aromatic rings. The van der Waals surface area contributed by atoms with Gasteiger partial charge in [0.2, 0.25) is 5.91 Å². The summed E-state index contributed by atoms with van der Waals surface area (Å²) in [5, 5.41) is 5.72. The predicted molar refractivity (Wildman–Crippen MR) is 88.6 cm³/mol. The largest absolute Gasteiger partial charge is 0.316 e. The second-order valence-corrected chi connectivity index (χ2v) is 6.49. The maximum absolute atomic E-state index is 12.8. The highest BCUT2D eigenvalue weighted by Gasteiger charge is 2.31. The van der Waals surface area contributed by atoms with Gasteiger partial charge in [-0.2, -0.15) is 0 Å². The van der Waals surface area contributed by atoms with Crippen LogP contribution in [0, 0.1) is 0 Å². The summed E-state index contributed by atoms with van der Waals surface area (Å²) in [5.41, 5.74) is 2.41. The third-order valence-electron chi connectivity index (χ3n) is 3.47. The number of nitrogens with one attached hydrogen (secondary N) is 1. The first-order chi connectivity index (χ1) is 10.2. The Morgan fingerprint density at radius 3 is 2.57 bits per heavy atom. The maximum Gasteiger partial charge on any atom is 0.235 e. The van der Waals surface area contributed by atoms with Crippen molar-refractivity contribution < 1.29 is 9.59 Å². The van der Waals surface area contributed by atoms with E-state index in [1.165, 1.54) is 11.3 Å². The molecule has 3 nitrogen and oxygen atoms in total. The highest BCUT2D eigenvalue weighted by molar-refractivity contribution is 9.09. The van der Waals surface area contributed by atoms with Gasteiger partial charge in [-0.05, 0) is 29.7 Å². The van der Waals surface area contributed by atoms with E-state index < -0.39 is 0 Å². The molecule has 0 unspecified atom stereocenters. The Morgan fingerprint density at radius 1 is 1.24 bits per heavy atom. The number of anilines is 1. The van der Waals surface area contributed by atoms with Crippen molar-refractivity contribution >= 4 is 44.0 Å². The van der Waals surface area contributed by atoms with Crippen LogP contribution in [0.25, 0.3) is 0 Å². The molecule has 1 saturated carbocycles. The van der Waals surface area contributed by atoms with E-state index in [-0.39, 0.29) is 17.0 Å². The Kier molecular flexibility index (Phi) is 4.22. The van der Waals surface area contributed by atoms with Crippen molar-refractivity contribution in [1.29, 1.82) is 0 Å². The van der Waals surface area contributed by atoms with Crippen LogP contribution in [0.3, 0.4) is 0 Å². The summed E-state index contributed by atoms with van der Waals surface area (Å²) >= 11 is 4.57. The lowest BCUT2D eigenvalue weighted by molar-refractivity contribution is -0.113. The van der Waals surface area contributed by atoms with E-state index >= 15 is 0 Å². The molecule has 0 radical (unpaired) electrons. The smallest absolute Gasteiger partial charge is 0.235 e. The number of hydrogen-bond acceptors (Lipinski definition) is 3. The number of alkyl halides is 1. The number of ketones is 1. The van der Waals surface area contributed by atoms with Crippen LogP contribution in [0.4, 0.5) is 5.00 Å². The van der Waals surface area contributed by atoms with Gasteiger partial charge in [-0.15, -0.1) is 11.3 Å². The molecule has 1 aromatic heterocycles. The fraction of sp³-hybridized carbons (Fsp3) is 0.250. The molecule has 21 heavy (non-hydrogen) atoms. The van der Waals surface area contributed by atoms with Crippen molar-refractivity contribution in [2.45, 2.75) is 18.8 Å². The molecule has 1 aliphatic carbocycles. The molecule has 0 saturated heterocycles. The van der Waals surface area contributed by atoms with Gasteiger partial charge in [-0.1, -0.05) is 46.3 Å². The van der Waals surface area contributed by atoms with Gasteiger partial charge in [0.05, 0.1) is 10.9 Å². The fourth-order valence-electron chi connectivity index (χ4n) is 2.29. The minimum absolute atomic E-state index is 0.0105. The van der Waals surface area contributed by atoms with E-state index in [4.69, 9.17) is 0 Å². The molecular weight excluding hydrogens is 350 g/mol. The number of halogens is 1. The standard InChI is InChI=1S/C16H14BrNO2S/c17-8-13(19)18-16-14(12(9-21-16)10-6-7-10)15(20)11-4-2-1-3-5-11/h1-5,9-10H,6-8H2,(H,18,19). The Morgan fingerprint density at radius 2 is 1.95 bits per heavy atom. The van der Waals surface area contributed by atoms with Crippen LogP contribution in [-0.2, 0) is 4.79 Å². The summed E-state index contributed by atoms with van der Waals surface area (Å²) in [7, 11) is 0. The summed E-state index contributed by atoms with van der Waals surface area (Å²) in [5.74, 6) is 0.323. The molecule has 1 heterocycles. The van der Waals surface area contributed by atoms with E-state index in [1.54, 1.807) is 0 Å². The van der Waals surface area contributed by atoms with Crippen LogP contribution in [0.15, 0.2) is 35.7 Å². The molecule has 1 aromatic carbocycles. The average Bonchev–Trinajstić information content (AvgIpc) is 3.29. The van der Waals surface area contributed by atoms with Crippen LogP contribution in [-0.4, -0.2) is 17.0 Å². The summed E-state index contributed by atoms with van der Waals surface area (Å²) in [6.07, 6.45) is 2.25. The van der Waals surface area contributed by atoms with Gasteiger partial charge in [0.15, 0.2) is 5.78 Å². The van der Waals surface area contributed by atoms with Crippen molar-refractivity contribution in [3.05, 3.63) is 52.4 Å². The number of amides is 1. The zero-order valence-corrected chi connectivity index (χ0v) is 13.7. The summed E-state index contributed by atoms with van der Waals surface area (Å²) in [6.45, 7) is 0. The van der Waals surface area contributed by atoms with E-state index in [0.29, 0.717) is 22.0 Å². The van der Waals surface area contributed by atoms with Crippen LogP contribution in [0.2, 0.25) is 0 Å². The predicted octanol–water partition coefficient (Wildman–Crippen LogP) is 4.19. The first-order valence-electron chi connectivity index (χ1n) is 6.77. The number of thiophene rings is 1. The van der Waals surface area contributed by atoms with Crippen LogP contribution in [0.5, 0.6) is 0 Å². The number of carbonyl (C=O) groups is 2. The van der Waals surface area contributed by atoms with Gasteiger partial charge in [0.25, 0.3) is 0 Å². The lowest BCUT2D eigenvalue weighted by atomic mass is 9.99. The molecule has 1 amide bonds. The SMILES string of the molecule is O=C(CBr)Nc1scc(C2CC2)c1C(=O)c1ccccc1. The molecule has 3 rings (SSSR count). The van der Waals surface area contributed by atoms with Gasteiger partial charge < -0.3 is 5.32 Å². The molecule has 1 fully saturated rings. The molecule has 0 atom stereocenters. The van der Waals surface area contributed by atoms with Gasteiger partial charge in [0, 0.05) is 5.56 Å². The molecule has 5 heteroatoms. The zero-order chi connectivity index (χ0) is 14.8. The van der Waals surface area contributed by atoms with Gasteiger partial charge in [0.1, 0.15) is 5.00 Å². The molecule has 0 bridgehead atoms. The zero-order valence-electron chi connectivity index (χ0n) is 11.3. The topological polar surface area (TPSA) is 46.2 Å². The first kappa shape index (κ1) is 14.5. The Balaban J connectivity index is 2.00. The van der Waals surface area contributed by atoms with Crippen LogP contribution >= 0.6 is 27.3 Å². The van der Waals surface area contributed by atoms with Gasteiger partial charge >= 0.3 is 0 Å². The van der Waals surface area contributed by atoms with Crippen molar-refractivity contribution in [1.82, 2.24) is 0 Å². The van der Waals surface area contributed by atoms with Gasteiger partial charge in [-0.3, -0.25) is 9.59 Å². The average molecular weight is 364 g/mol. The number of benzene rings is 1. The second-order valence-electron chi connectivity index (χ2n) is 5.05. The van der Waals surface area contributed by atoms with Crippen molar-refractivity contribution in [3.63, 3.8) is 0 Å². The second kappa shape index (κ2) is 6.12. The van der Waals surface area contributed by atoms with Gasteiger partial charge in [-0.25, -0.2) is 0 Å². The lowest BCUT2D eigenvalue weighted by Crippen LogP contribution is -2.14. The fourth-order valence-corrected chi connectivity index (χ4v) is 3.48. The van der Waals surface area contributed by atoms with Crippen molar-refractivity contribution in [2.24, 2.45) is 0 Å². The van der Waals surface area contributed by atoms with E-state index in [9.17, 15) is 9.59 Å². The minimum atomic E-state index is -0.138. The lowest BCUT2D eigenvalue weighted by Gasteiger charge is -2.07. The molecule has 0 aliphatic heterocycles. The summed E-state index contributed by atoms with van der Waals surface area (Å²) < 4.78 is 0. The van der Waals surface area contributed by atoms with E-state index in [0.717, 1.165) is 18.4 Å². The summed E-state index contributed by atoms with van der Waals surface area (Å²) in [4.78, 5) is 24.4. The van der Waals surface area contributed by atoms with Crippen molar-refractivity contribution in [2.75, 3.05) is 10.6 Å². The molecule has 1 aliphatic rings. The highest BCUT2D eigenvalue weighted by atomic mass is 79.9. The number of carbonyl (C=O) groups excluding carboxylic acids is 2. The highest BCUT2D eigenvalue weighted by Crippen LogP contribution is 2.46. The van der Waals surface area contributed by atoms with E-state index in [2.05, 4.69) is 21.2 Å². The Hall–Kier alpha value is -1.46. The summed E-state index contributed by atoms with van der Waals surface area (Å²) in [6, 6.07) is 9.22. The number of rotatable bonds is 5. The van der Waals surface area contributed by atoms with Crippen LogP contribution in [0.1, 0.15) is 40.2 Å². The van der Waals surface area contributed by atoms with Crippen molar-refractivity contribution in [3.8, 4) is 0 Å². The van der Waals surface area contributed by atoms with E-state index in [1.807, 2.05) is 35.7 Å². The molecule has 108 valence electrons. The molecule has 0 spiro atoms. The normalized spacial score (nSPS) is 14.0. The molecular formula is C16H14BrNO2S. The van der Waals surface area contributed by atoms with Crippen LogP contribution < -0.4 is 5.32 Å². The maximum atomic E-state index is 12.8.